The quantitative estimate of drug-likeness (QED) is 0.659. The zero-order chi connectivity index (χ0) is 21.3. The molecule has 0 aliphatic carbocycles. The molecule has 0 fully saturated rings. The normalized spacial score (nSPS) is 13.5. The Bertz CT molecular complexity index is 1120. The molecule has 0 amide bonds. The van der Waals surface area contributed by atoms with Crippen LogP contribution < -0.4 is 10.2 Å². The largest absolute Gasteiger partial charge is 0.386 e. The van der Waals surface area contributed by atoms with Crippen molar-refractivity contribution in [2.24, 2.45) is 0 Å². The summed E-state index contributed by atoms with van der Waals surface area (Å²) in [6, 6.07) is 11.1. The summed E-state index contributed by atoms with van der Waals surface area (Å²) in [4.78, 5) is 15.4. The lowest BCUT2D eigenvalue weighted by molar-refractivity contribution is 0.0782. The molecule has 1 aliphatic heterocycles. The van der Waals surface area contributed by atoms with E-state index in [1.165, 1.54) is 6.33 Å². The van der Waals surface area contributed by atoms with Gasteiger partial charge in [-0.1, -0.05) is 17.7 Å². The van der Waals surface area contributed by atoms with Crippen LogP contribution in [-0.4, -0.2) is 26.6 Å². The van der Waals surface area contributed by atoms with Gasteiger partial charge in [-0.3, -0.25) is 0 Å². The van der Waals surface area contributed by atoms with Crippen molar-refractivity contribution in [1.29, 1.82) is 5.26 Å². The molecule has 3 heterocycles. The van der Waals surface area contributed by atoms with E-state index in [-0.39, 0.29) is 0 Å². The van der Waals surface area contributed by atoms with Gasteiger partial charge in [0.15, 0.2) is 0 Å². The van der Waals surface area contributed by atoms with Gasteiger partial charge in [0.05, 0.1) is 40.2 Å². The Morgan fingerprint density at radius 3 is 2.70 bits per heavy atom. The lowest BCUT2D eigenvalue weighted by Crippen LogP contribution is -2.32. The first-order valence-electron chi connectivity index (χ1n) is 9.58. The molecule has 0 saturated carbocycles. The van der Waals surface area contributed by atoms with Crippen molar-refractivity contribution in [2.45, 2.75) is 32.4 Å². The van der Waals surface area contributed by atoms with Crippen LogP contribution in [0.2, 0.25) is 5.02 Å². The number of benzene rings is 1. The number of nitriles is 1. The highest BCUT2D eigenvalue weighted by Gasteiger charge is 2.23. The number of pyridine rings is 1. The van der Waals surface area contributed by atoms with Crippen molar-refractivity contribution in [3.05, 3.63) is 70.3 Å². The third-order valence-electron chi connectivity index (χ3n) is 5.14. The van der Waals surface area contributed by atoms with E-state index in [9.17, 15) is 5.11 Å². The number of halogens is 1. The number of anilines is 3. The van der Waals surface area contributed by atoms with Crippen LogP contribution in [0.5, 0.6) is 0 Å². The fraction of sp³-hybridized carbons (Fsp3) is 0.273. The SMILES string of the molecule is CC(C)(O)c1ccc(Nc2ncnc3c2CCN(c2ccc(C#N)cc2Cl)C3)nc1. The van der Waals surface area contributed by atoms with Crippen molar-refractivity contribution < 1.29 is 5.11 Å². The maximum absolute atomic E-state index is 10.1. The molecule has 1 aliphatic rings. The molecule has 2 N–H and O–H groups in total. The summed E-state index contributed by atoms with van der Waals surface area (Å²) >= 11 is 6.39. The third kappa shape index (κ3) is 4.06. The van der Waals surface area contributed by atoms with Gasteiger partial charge in [-0.15, -0.1) is 0 Å². The van der Waals surface area contributed by atoms with Crippen LogP contribution in [0.3, 0.4) is 0 Å². The van der Waals surface area contributed by atoms with Crippen molar-refractivity contribution in [2.75, 3.05) is 16.8 Å². The number of rotatable bonds is 4. The first-order chi connectivity index (χ1) is 14.3. The van der Waals surface area contributed by atoms with Gasteiger partial charge >= 0.3 is 0 Å². The monoisotopic (exact) mass is 420 g/mol. The zero-order valence-electron chi connectivity index (χ0n) is 16.7. The Morgan fingerprint density at radius 1 is 1.20 bits per heavy atom. The van der Waals surface area contributed by atoms with Gasteiger partial charge in [-0.05, 0) is 44.5 Å². The van der Waals surface area contributed by atoms with Crippen LogP contribution >= 0.6 is 11.6 Å². The highest BCUT2D eigenvalue weighted by molar-refractivity contribution is 6.33. The molecule has 152 valence electrons. The van der Waals surface area contributed by atoms with Crippen LogP contribution in [-0.2, 0) is 18.6 Å². The highest BCUT2D eigenvalue weighted by atomic mass is 35.5. The zero-order valence-corrected chi connectivity index (χ0v) is 17.5. The van der Waals surface area contributed by atoms with Gasteiger partial charge in [-0.25, -0.2) is 15.0 Å². The molecule has 1 aromatic carbocycles. The van der Waals surface area contributed by atoms with Crippen LogP contribution in [0.15, 0.2) is 42.9 Å². The summed E-state index contributed by atoms with van der Waals surface area (Å²) in [5.41, 5.74) is 3.21. The second-order valence-corrected chi connectivity index (χ2v) is 8.12. The Labute approximate surface area is 180 Å². The molecule has 0 atom stereocenters. The fourth-order valence-corrected chi connectivity index (χ4v) is 3.75. The van der Waals surface area contributed by atoms with E-state index in [4.69, 9.17) is 16.9 Å². The van der Waals surface area contributed by atoms with Crippen LogP contribution in [0, 0.1) is 11.3 Å². The molecule has 7 nitrogen and oxygen atoms in total. The molecule has 0 spiro atoms. The smallest absolute Gasteiger partial charge is 0.138 e. The van der Waals surface area contributed by atoms with Crippen LogP contribution in [0.1, 0.15) is 36.2 Å². The van der Waals surface area contributed by atoms with Crippen LogP contribution in [0.25, 0.3) is 0 Å². The van der Waals surface area contributed by atoms with Crippen LogP contribution in [0.4, 0.5) is 17.3 Å². The summed E-state index contributed by atoms with van der Waals surface area (Å²) in [6.07, 6.45) is 3.94. The van der Waals surface area contributed by atoms with Gasteiger partial charge in [0.25, 0.3) is 0 Å². The summed E-state index contributed by atoms with van der Waals surface area (Å²) in [7, 11) is 0. The minimum absolute atomic E-state index is 0.540. The van der Waals surface area contributed by atoms with Gasteiger partial charge in [0.2, 0.25) is 0 Å². The Hall–Kier alpha value is -3.21. The molecular formula is C22H21ClN6O. The number of hydrogen-bond acceptors (Lipinski definition) is 7. The second-order valence-electron chi connectivity index (χ2n) is 7.71. The number of nitrogens with zero attached hydrogens (tertiary/aromatic N) is 5. The minimum atomic E-state index is -0.935. The van der Waals surface area contributed by atoms with E-state index in [0.29, 0.717) is 22.9 Å². The van der Waals surface area contributed by atoms with Gasteiger partial charge in [0, 0.05) is 23.9 Å². The van der Waals surface area contributed by atoms with E-state index < -0.39 is 5.60 Å². The Kier molecular flexibility index (Phi) is 5.29. The molecule has 0 saturated heterocycles. The second kappa shape index (κ2) is 7.90. The summed E-state index contributed by atoms with van der Waals surface area (Å²) in [5, 5.41) is 22.9. The standard InChI is InChI=1S/C22H21ClN6O/c1-22(2,30)15-4-6-20(25-11-15)28-21-16-7-8-29(12-18(16)26-13-27-21)19-5-3-14(10-24)9-17(19)23/h3-6,9,11,13,30H,7-8,12H2,1-2H3,(H,25,26,27,28). The van der Waals surface area contributed by atoms with E-state index in [1.54, 1.807) is 32.2 Å². The van der Waals surface area contributed by atoms with Crippen molar-refractivity contribution in [3.63, 3.8) is 0 Å². The number of aromatic nitrogens is 3. The van der Waals surface area contributed by atoms with E-state index in [1.807, 2.05) is 18.2 Å². The number of fused-ring (bicyclic) bond motifs is 1. The first-order valence-corrected chi connectivity index (χ1v) is 9.96. The molecule has 2 aromatic heterocycles. The Morgan fingerprint density at radius 2 is 2.03 bits per heavy atom. The fourth-order valence-electron chi connectivity index (χ4n) is 3.45. The summed E-state index contributed by atoms with van der Waals surface area (Å²) in [6.45, 7) is 4.81. The summed E-state index contributed by atoms with van der Waals surface area (Å²) < 4.78 is 0. The summed E-state index contributed by atoms with van der Waals surface area (Å²) in [5.74, 6) is 1.38. The van der Waals surface area contributed by atoms with E-state index in [2.05, 4.69) is 31.2 Å². The lowest BCUT2D eigenvalue weighted by Gasteiger charge is -2.31. The average molecular weight is 421 g/mol. The highest BCUT2D eigenvalue weighted by Crippen LogP contribution is 2.32. The lowest BCUT2D eigenvalue weighted by atomic mass is 10.0. The van der Waals surface area contributed by atoms with E-state index in [0.717, 1.165) is 41.3 Å². The maximum Gasteiger partial charge on any atom is 0.138 e. The minimum Gasteiger partial charge on any atom is -0.386 e. The first kappa shape index (κ1) is 20.1. The molecule has 0 unspecified atom stereocenters. The molecule has 8 heteroatoms. The molecule has 0 radical (unpaired) electrons. The number of hydrogen-bond donors (Lipinski definition) is 2. The third-order valence-corrected chi connectivity index (χ3v) is 5.44. The average Bonchev–Trinajstić information content (AvgIpc) is 2.73. The molecule has 30 heavy (non-hydrogen) atoms. The predicted molar refractivity (Wildman–Crippen MR) is 116 cm³/mol. The molecule has 0 bridgehead atoms. The van der Waals surface area contributed by atoms with Gasteiger partial charge in [0.1, 0.15) is 18.0 Å². The van der Waals surface area contributed by atoms with Gasteiger partial charge in [-0.2, -0.15) is 5.26 Å². The van der Waals surface area contributed by atoms with Crippen molar-refractivity contribution >= 4 is 28.9 Å². The Balaban J connectivity index is 1.55. The van der Waals surface area contributed by atoms with Crippen molar-refractivity contribution in [3.8, 4) is 6.07 Å². The van der Waals surface area contributed by atoms with Crippen molar-refractivity contribution in [1.82, 2.24) is 15.0 Å². The molecular weight excluding hydrogens is 400 g/mol. The van der Waals surface area contributed by atoms with E-state index >= 15 is 0 Å². The number of aliphatic hydroxyl groups is 1. The molecule has 4 rings (SSSR count). The predicted octanol–water partition coefficient (Wildman–Crippen LogP) is 3.93. The van der Waals surface area contributed by atoms with Gasteiger partial charge < -0.3 is 15.3 Å². The topological polar surface area (TPSA) is 98.0 Å². The number of nitrogens with one attached hydrogen (secondary N) is 1. The molecule has 3 aromatic rings. The maximum atomic E-state index is 10.1.